The quantitative estimate of drug-likeness (QED) is 0.600. The first-order valence-electron chi connectivity index (χ1n) is 4.62. The molecule has 1 aromatic carbocycles. The van der Waals surface area contributed by atoms with Crippen LogP contribution in [0, 0.1) is 0 Å². The third-order valence-electron chi connectivity index (χ3n) is 2.39. The second-order valence-electron chi connectivity index (χ2n) is 3.48. The van der Waals surface area contributed by atoms with E-state index in [-0.39, 0.29) is 0 Å². The van der Waals surface area contributed by atoms with Gasteiger partial charge in [0, 0.05) is 0 Å². The zero-order chi connectivity index (χ0) is 9.26. The van der Waals surface area contributed by atoms with E-state index in [4.69, 9.17) is 4.74 Å². The molecule has 1 atom stereocenters. The normalized spacial score (nSPS) is 18.6. The van der Waals surface area contributed by atoms with E-state index in [1.54, 1.807) is 0 Å². The molecular weight excluding hydrogens is 275 g/mol. The lowest BCUT2D eigenvalue weighted by Crippen LogP contribution is -2.15. The van der Waals surface area contributed by atoms with Crippen molar-refractivity contribution in [3.63, 3.8) is 0 Å². The van der Waals surface area contributed by atoms with E-state index in [2.05, 4.69) is 53.8 Å². The van der Waals surface area contributed by atoms with Gasteiger partial charge in [0.1, 0.15) is 4.11 Å². The van der Waals surface area contributed by atoms with Crippen LogP contribution in [0.15, 0.2) is 24.3 Å². The molecule has 13 heavy (non-hydrogen) atoms. The summed E-state index contributed by atoms with van der Waals surface area (Å²) in [7, 11) is 0. The first kappa shape index (κ1) is 9.46. The van der Waals surface area contributed by atoms with Crippen molar-refractivity contribution in [2.45, 2.75) is 30.0 Å². The maximum atomic E-state index is 5.78. The number of halogens is 1. The monoisotopic (exact) mass is 288 g/mol. The van der Waals surface area contributed by atoms with Crippen LogP contribution in [0.2, 0.25) is 0 Å². The fourth-order valence-corrected chi connectivity index (χ4v) is 2.30. The standard InChI is InChI=1S/C11H13IO/c1-8(12)13-11-6-9-4-2-3-5-10(9)7-11/h2-5,8,11H,6-7H2,1H3. The number of fused-ring (bicyclic) bond motifs is 1. The van der Waals surface area contributed by atoms with Crippen molar-refractivity contribution < 1.29 is 4.74 Å². The summed E-state index contributed by atoms with van der Waals surface area (Å²) in [5.41, 5.74) is 2.93. The van der Waals surface area contributed by atoms with E-state index in [1.807, 2.05) is 0 Å². The van der Waals surface area contributed by atoms with Crippen LogP contribution in [-0.4, -0.2) is 10.2 Å². The predicted octanol–water partition coefficient (Wildman–Crippen LogP) is 2.95. The van der Waals surface area contributed by atoms with Gasteiger partial charge in [-0.2, -0.15) is 0 Å². The third-order valence-corrected chi connectivity index (χ3v) is 2.69. The van der Waals surface area contributed by atoms with Gasteiger partial charge >= 0.3 is 0 Å². The topological polar surface area (TPSA) is 9.23 Å². The van der Waals surface area contributed by atoms with Gasteiger partial charge in [-0.05, 0) is 30.9 Å². The van der Waals surface area contributed by atoms with E-state index in [0.29, 0.717) is 10.2 Å². The molecule has 0 aromatic heterocycles. The molecule has 0 radical (unpaired) electrons. The molecule has 0 fully saturated rings. The van der Waals surface area contributed by atoms with Gasteiger partial charge in [-0.1, -0.05) is 46.9 Å². The Labute approximate surface area is 92.6 Å². The predicted molar refractivity (Wildman–Crippen MR) is 62.2 cm³/mol. The molecule has 1 aliphatic rings. The van der Waals surface area contributed by atoms with E-state index < -0.39 is 0 Å². The molecular formula is C11H13IO. The van der Waals surface area contributed by atoms with Crippen molar-refractivity contribution in [1.82, 2.24) is 0 Å². The van der Waals surface area contributed by atoms with Crippen LogP contribution >= 0.6 is 22.6 Å². The molecule has 0 bridgehead atoms. The fourth-order valence-electron chi connectivity index (χ4n) is 1.88. The first-order chi connectivity index (χ1) is 6.25. The lowest BCUT2D eigenvalue weighted by Gasteiger charge is -2.12. The summed E-state index contributed by atoms with van der Waals surface area (Å²) >= 11 is 2.31. The highest BCUT2D eigenvalue weighted by Crippen LogP contribution is 2.25. The molecule has 1 aliphatic carbocycles. The summed E-state index contributed by atoms with van der Waals surface area (Å²) in [4.78, 5) is 0. The highest BCUT2D eigenvalue weighted by atomic mass is 127. The van der Waals surface area contributed by atoms with Gasteiger partial charge in [0.25, 0.3) is 0 Å². The zero-order valence-corrected chi connectivity index (χ0v) is 9.82. The molecule has 1 nitrogen and oxygen atoms in total. The Bertz CT molecular complexity index is 271. The number of hydrogen-bond donors (Lipinski definition) is 0. The summed E-state index contributed by atoms with van der Waals surface area (Å²) in [6.45, 7) is 2.09. The van der Waals surface area contributed by atoms with Crippen molar-refractivity contribution in [3.8, 4) is 0 Å². The van der Waals surface area contributed by atoms with Gasteiger partial charge in [0.2, 0.25) is 0 Å². The highest BCUT2D eigenvalue weighted by molar-refractivity contribution is 14.1. The summed E-state index contributed by atoms with van der Waals surface area (Å²) in [6, 6.07) is 8.62. The molecule has 70 valence electrons. The Morgan fingerprint density at radius 2 is 1.85 bits per heavy atom. The molecule has 0 saturated heterocycles. The maximum Gasteiger partial charge on any atom is 0.106 e. The SMILES string of the molecule is CC(I)OC1Cc2ccccc2C1. The molecule has 1 aromatic rings. The molecule has 2 rings (SSSR count). The number of ether oxygens (including phenoxy) is 1. The largest absolute Gasteiger partial charge is 0.364 e. The summed E-state index contributed by atoms with van der Waals surface area (Å²) in [6.07, 6.45) is 2.58. The van der Waals surface area contributed by atoms with Crippen LogP contribution in [-0.2, 0) is 17.6 Å². The van der Waals surface area contributed by atoms with Gasteiger partial charge in [-0.25, -0.2) is 0 Å². The van der Waals surface area contributed by atoms with Gasteiger partial charge in [-0.3, -0.25) is 0 Å². The van der Waals surface area contributed by atoms with Gasteiger partial charge in [0.05, 0.1) is 6.10 Å². The minimum atomic E-state index is 0.317. The van der Waals surface area contributed by atoms with Crippen molar-refractivity contribution in [1.29, 1.82) is 0 Å². The van der Waals surface area contributed by atoms with E-state index in [0.717, 1.165) is 12.8 Å². The van der Waals surface area contributed by atoms with E-state index in [1.165, 1.54) is 11.1 Å². The smallest absolute Gasteiger partial charge is 0.106 e. The van der Waals surface area contributed by atoms with Crippen molar-refractivity contribution in [2.24, 2.45) is 0 Å². The van der Waals surface area contributed by atoms with Crippen LogP contribution < -0.4 is 0 Å². The third kappa shape index (κ3) is 2.23. The summed E-state index contributed by atoms with van der Waals surface area (Å²) in [5.74, 6) is 0. The average Bonchev–Trinajstić information content (AvgIpc) is 2.44. The van der Waals surface area contributed by atoms with E-state index >= 15 is 0 Å². The van der Waals surface area contributed by atoms with E-state index in [9.17, 15) is 0 Å². The van der Waals surface area contributed by atoms with Crippen LogP contribution in [0.25, 0.3) is 0 Å². The number of rotatable bonds is 2. The van der Waals surface area contributed by atoms with Crippen LogP contribution in [0.1, 0.15) is 18.1 Å². The Balaban J connectivity index is 2.05. The van der Waals surface area contributed by atoms with Crippen LogP contribution in [0.5, 0.6) is 0 Å². The minimum absolute atomic E-state index is 0.317. The number of hydrogen-bond acceptors (Lipinski definition) is 1. The molecule has 0 spiro atoms. The maximum absolute atomic E-state index is 5.78. The lowest BCUT2D eigenvalue weighted by atomic mass is 10.1. The average molecular weight is 288 g/mol. The molecule has 0 N–H and O–H groups in total. The Morgan fingerprint density at radius 1 is 1.31 bits per heavy atom. The van der Waals surface area contributed by atoms with Crippen molar-refractivity contribution in [3.05, 3.63) is 35.4 Å². The number of benzene rings is 1. The molecule has 0 heterocycles. The van der Waals surface area contributed by atoms with Gasteiger partial charge in [-0.15, -0.1) is 0 Å². The molecule has 0 aliphatic heterocycles. The van der Waals surface area contributed by atoms with Gasteiger partial charge < -0.3 is 4.74 Å². The summed E-state index contributed by atoms with van der Waals surface area (Å²) in [5, 5.41) is 0. The second kappa shape index (κ2) is 3.96. The Morgan fingerprint density at radius 3 is 2.31 bits per heavy atom. The number of alkyl halides is 1. The molecule has 0 saturated carbocycles. The first-order valence-corrected chi connectivity index (χ1v) is 5.86. The molecule has 0 amide bonds. The Kier molecular flexibility index (Phi) is 2.89. The van der Waals surface area contributed by atoms with Crippen LogP contribution in [0.4, 0.5) is 0 Å². The fraction of sp³-hybridized carbons (Fsp3) is 0.455. The van der Waals surface area contributed by atoms with Crippen molar-refractivity contribution in [2.75, 3.05) is 0 Å². The molecule has 1 unspecified atom stereocenters. The second-order valence-corrected chi connectivity index (χ2v) is 5.23. The van der Waals surface area contributed by atoms with Crippen LogP contribution in [0.3, 0.4) is 0 Å². The highest BCUT2D eigenvalue weighted by Gasteiger charge is 2.22. The Hall–Kier alpha value is -0.0900. The van der Waals surface area contributed by atoms with Crippen molar-refractivity contribution >= 4 is 22.6 Å². The minimum Gasteiger partial charge on any atom is -0.364 e. The molecule has 2 heteroatoms. The zero-order valence-electron chi connectivity index (χ0n) is 7.66. The summed E-state index contributed by atoms with van der Waals surface area (Å²) < 4.78 is 6.10. The van der Waals surface area contributed by atoms with Gasteiger partial charge in [0.15, 0.2) is 0 Å². The lowest BCUT2D eigenvalue weighted by molar-refractivity contribution is 0.0599.